The lowest BCUT2D eigenvalue weighted by molar-refractivity contribution is -0.137. The molecule has 1 N–H and O–H groups in total. The van der Waals surface area contributed by atoms with E-state index in [0.717, 1.165) is 43.8 Å². The van der Waals surface area contributed by atoms with Crippen LogP contribution in [0.25, 0.3) is 0 Å². The van der Waals surface area contributed by atoms with E-state index in [1.807, 2.05) is 12.1 Å². The predicted molar refractivity (Wildman–Crippen MR) is 90.4 cm³/mol. The molecule has 0 unspecified atom stereocenters. The summed E-state index contributed by atoms with van der Waals surface area (Å²) in [5.41, 5.74) is -0.402. The van der Waals surface area contributed by atoms with Crippen LogP contribution in [-0.4, -0.2) is 30.4 Å². The Labute approximate surface area is 150 Å². The SMILES string of the molecule is O=C(Cc1cccc(C(F)(F)F)c1)NC[C@H](c1ccco1)N1CCCC1. The second-order valence-corrected chi connectivity index (χ2v) is 6.45. The van der Waals surface area contributed by atoms with Crippen LogP contribution in [0.3, 0.4) is 0 Å². The molecule has 1 aromatic heterocycles. The highest BCUT2D eigenvalue weighted by Gasteiger charge is 2.30. The van der Waals surface area contributed by atoms with E-state index in [-0.39, 0.29) is 18.4 Å². The third kappa shape index (κ3) is 4.66. The van der Waals surface area contributed by atoms with Gasteiger partial charge in [-0.15, -0.1) is 0 Å². The number of alkyl halides is 3. The van der Waals surface area contributed by atoms with Crippen LogP contribution in [0.1, 0.15) is 35.8 Å². The number of nitrogens with one attached hydrogen (secondary N) is 1. The van der Waals surface area contributed by atoms with Crippen molar-refractivity contribution in [2.24, 2.45) is 0 Å². The normalized spacial score (nSPS) is 16.6. The molecule has 140 valence electrons. The molecule has 0 aliphatic carbocycles. The van der Waals surface area contributed by atoms with Crippen LogP contribution < -0.4 is 5.32 Å². The van der Waals surface area contributed by atoms with Gasteiger partial charge < -0.3 is 9.73 Å². The van der Waals surface area contributed by atoms with Crippen LogP contribution in [0.4, 0.5) is 13.2 Å². The van der Waals surface area contributed by atoms with Gasteiger partial charge in [-0.05, 0) is 49.7 Å². The Morgan fingerprint density at radius 3 is 2.62 bits per heavy atom. The van der Waals surface area contributed by atoms with Gasteiger partial charge in [0.1, 0.15) is 5.76 Å². The molecule has 0 saturated carbocycles. The van der Waals surface area contributed by atoms with Crippen molar-refractivity contribution in [1.82, 2.24) is 10.2 Å². The van der Waals surface area contributed by atoms with E-state index in [0.29, 0.717) is 12.1 Å². The van der Waals surface area contributed by atoms with Crippen molar-refractivity contribution >= 4 is 5.91 Å². The van der Waals surface area contributed by atoms with Crippen LogP contribution in [0.5, 0.6) is 0 Å². The van der Waals surface area contributed by atoms with Gasteiger partial charge in [-0.25, -0.2) is 0 Å². The fourth-order valence-electron chi connectivity index (χ4n) is 3.26. The molecule has 1 aliphatic heterocycles. The third-order valence-corrected chi connectivity index (χ3v) is 4.56. The summed E-state index contributed by atoms with van der Waals surface area (Å²) in [6.07, 6.45) is -0.685. The monoisotopic (exact) mass is 366 g/mol. The van der Waals surface area contributed by atoms with Crippen molar-refractivity contribution in [3.8, 4) is 0 Å². The van der Waals surface area contributed by atoms with Crippen LogP contribution >= 0.6 is 0 Å². The quantitative estimate of drug-likeness (QED) is 0.846. The molecule has 1 atom stereocenters. The minimum absolute atomic E-state index is 0.0574. The highest BCUT2D eigenvalue weighted by atomic mass is 19.4. The molecule has 0 spiro atoms. The number of rotatable bonds is 6. The van der Waals surface area contributed by atoms with E-state index in [1.54, 1.807) is 6.26 Å². The molecule has 1 amide bonds. The molecule has 1 aliphatic rings. The highest BCUT2D eigenvalue weighted by molar-refractivity contribution is 5.78. The summed E-state index contributed by atoms with van der Waals surface area (Å²) in [6.45, 7) is 2.25. The van der Waals surface area contributed by atoms with E-state index in [4.69, 9.17) is 4.42 Å². The van der Waals surface area contributed by atoms with Crippen LogP contribution in [-0.2, 0) is 17.4 Å². The van der Waals surface area contributed by atoms with Crippen LogP contribution in [0.15, 0.2) is 47.1 Å². The van der Waals surface area contributed by atoms with Crippen molar-refractivity contribution in [3.05, 3.63) is 59.5 Å². The van der Waals surface area contributed by atoms with E-state index < -0.39 is 11.7 Å². The number of likely N-dealkylation sites (tertiary alicyclic amines) is 1. The van der Waals surface area contributed by atoms with Gasteiger partial charge in [0, 0.05) is 6.54 Å². The number of hydrogen-bond donors (Lipinski definition) is 1. The Morgan fingerprint density at radius 1 is 1.19 bits per heavy atom. The first-order chi connectivity index (χ1) is 12.4. The molecule has 7 heteroatoms. The van der Waals surface area contributed by atoms with Gasteiger partial charge in [0.15, 0.2) is 0 Å². The summed E-state index contributed by atoms with van der Waals surface area (Å²) in [5.74, 6) is 0.478. The van der Waals surface area contributed by atoms with Crippen molar-refractivity contribution in [2.75, 3.05) is 19.6 Å². The number of hydrogen-bond acceptors (Lipinski definition) is 3. The summed E-state index contributed by atoms with van der Waals surface area (Å²) in [4.78, 5) is 14.5. The van der Waals surface area contributed by atoms with E-state index in [1.165, 1.54) is 12.1 Å². The zero-order chi connectivity index (χ0) is 18.6. The van der Waals surface area contributed by atoms with Gasteiger partial charge >= 0.3 is 6.18 Å². The molecule has 2 heterocycles. The Balaban J connectivity index is 1.60. The minimum Gasteiger partial charge on any atom is -0.468 e. The fraction of sp³-hybridized carbons (Fsp3) is 0.421. The first-order valence-corrected chi connectivity index (χ1v) is 8.64. The molecule has 0 bridgehead atoms. The second kappa shape index (κ2) is 7.95. The third-order valence-electron chi connectivity index (χ3n) is 4.56. The van der Waals surface area contributed by atoms with Gasteiger partial charge in [0.25, 0.3) is 0 Å². The number of carbonyl (C=O) groups excluding carboxylic acids is 1. The molecule has 1 aromatic carbocycles. The van der Waals surface area contributed by atoms with E-state index in [9.17, 15) is 18.0 Å². The number of halogens is 3. The fourth-order valence-corrected chi connectivity index (χ4v) is 3.26. The zero-order valence-corrected chi connectivity index (χ0v) is 14.3. The maximum atomic E-state index is 12.8. The summed E-state index contributed by atoms with van der Waals surface area (Å²) in [7, 11) is 0. The average molecular weight is 366 g/mol. The molecular weight excluding hydrogens is 345 g/mol. The highest BCUT2D eigenvalue weighted by Crippen LogP contribution is 2.29. The van der Waals surface area contributed by atoms with Gasteiger partial charge in [0.2, 0.25) is 5.91 Å². The van der Waals surface area contributed by atoms with Gasteiger partial charge in [-0.3, -0.25) is 9.69 Å². The maximum absolute atomic E-state index is 12.8. The molecule has 1 saturated heterocycles. The van der Waals surface area contributed by atoms with Crippen molar-refractivity contribution < 1.29 is 22.4 Å². The van der Waals surface area contributed by atoms with Crippen molar-refractivity contribution in [2.45, 2.75) is 31.5 Å². The lowest BCUT2D eigenvalue weighted by atomic mass is 10.1. The number of furan rings is 1. The summed E-state index contributed by atoms with van der Waals surface area (Å²) < 4.78 is 43.8. The largest absolute Gasteiger partial charge is 0.468 e. The van der Waals surface area contributed by atoms with E-state index >= 15 is 0 Å². The minimum atomic E-state index is -4.41. The summed E-state index contributed by atoms with van der Waals surface area (Å²) in [5, 5.41) is 2.83. The first kappa shape index (κ1) is 18.5. The van der Waals surface area contributed by atoms with Gasteiger partial charge in [0.05, 0.1) is 24.3 Å². The topological polar surface area (TPSA) is 45.5 Å². The molecular formula is C19H21F3N2O2. The smallest absolute Gasteiger partial charge is 0.416 e. The Kier molecular flexibility index (Phi) is 5.66. The lowest BCUT2D eigenvalue weighted by Crippen LogP contribution is -2.37. The molecule has 26 heavy (non-hydrogen) atoms. The zero-order valence-electron chi connectivity index (χ0n) is 14.3. The van der Waals surface area contributed by atoms with Crippen LogP contribution in [0, 0.1) is 0 Å². The molecule has 1 fully saturated rings. The molecule has 3 rings (SSSR count). The Hall–Kier alpha value is -2.28. The average Bonchev–Trinajstić information content (AvgIpc) is 3.28. The molecule has 2 aromatic rings. The molecule has 0 radical (unpaired) electrons. The number of benzene rings is 1. The Morgan fingerprint density at radius 2 is 1.96 bits per heavy atom. The van der Waals surface area contributed by atoms with Crippen LogP contribution in [0.2, 0.25) is 0 Å². The number of carbonyl (C=O) groups is 1. The lowest BCUT2D eigenvalue weighted by Gasteiger charge is -2.26. The maximum Gasteiger partial charge on any atom is 0.416 e. The number of amides is 1. The number of nitrogens with zero attached hydrogens (tertiary/aromatic N) is 1. The van der Waals surface area contributed by atoms with Crippen molar-refractivity contribution in [3.63, 3.8) is 0 Å². The standard InChI is InChI=1S/C19H21F3N2O2/c20-19(21,22)15-6-3-5-14(11-15)12-18(25)23-13-16(17-7-4-10-26-17)24-8-1-2-9-24/h3-7,10-11,16H,1-2,8-9,12-13H2,(H,23,25)/t16-/m1/s1. The van der Waals surface area contributed by atoms with Gasteiger partial charge in [-0.2, -0.15) is 13.2 Å². The van der Waals surface area contributed by atoms with E-state index in [2.05, 4.69) is 10.2 Å². The summed E-state index contributed by atoms with van der Waals surface area (Å²) >= 11 is 0. The molecule has 4 nitrogen and oxygen atoms in total. The predicted octanol–water partition coefficient (Wildman–Crippen LogP) is 3.79. The second-order valence-electron chi connectivity index (χ2n) is 6.45. The Bertz CT molecular complexity index is 723. The first-order valence-electron chi connectivity index (χ1n) is 8.64. The van der Waals surface area contributed by atoms with Crippen molar-refractivity contribution in [1.29, 1.82) is 0 Å². The summed E-state index contributed by atoms with van der Waals surface area (Å²) in [6, 6.07) is 8.50. The van der Waals surface area contributed by atoms with Gasteiger partial charge in [-0.1, -0.05) is 18.2 Å².